The van der Waals surface area contributed by atoms with Crippen molar-refractivity contribution in [1.29, 1.82) is 0 Å². The number of hydrogen-bond acceptors (Lipinski definition) is 1. The summed E-state index contributed by atoms with van der Waals surface area (Å²) in [4.78, 5) is 4.87. The van der Waals surface area contributed by atoms with Crippen LogP contribution in [0.5, 0.6) is 0 Å². The summed E-state index contributed by atoms with van der Waals surface area (Å²) in [5, 5.41) is 0.374. The number of unbranched alkanes of at least 4 members (excludes halogenated alkanes) is 1. The highest BCUT2D eigenvalue weighted by atomic mass is 28.3. The third kappa shape index (κ3) is 5.44. The summed E-state index contributed by atoms with van der Waals surface area (Å²) in [6, 6.07) is 0.565. The molecule has 114 valence electrons. The van der Waals surface area contributed by atoms with Crippen LogP contribution in [0.4, 0.5) is 0 Å². The van der Waals surface area contributed by atoms with E-state index in [0.29, 0.717) is 11.1 Å². The Bertz CT molecular complexity index is 390. The largest absolute Gasteiger partial charge is 0.291 e. The van der Waals surface area contributed by atoms with Gasteiger partial charge in [0.05, 0.1) is 6.04 Å². The second kappa shape index (κ2) is 7.45. The van der Waals surface area contributed by atoms with Gasteiger partial charge in [0.2, 0.25) is 0 Å². The number of hydrogen-bond donors (Lipinski definition) is 0. The lowest BCUT2D eigenvalue weighted by molar-refractivity contribution is 0.626. The monoisotopic (exact) mass is 291 g/mol. The lowest BCUT2D eigenvalue weighted by Crippen LogP contribution is -2.35. The molecule has 1 aliphatic rings. The predicted octanol–water partition coefficient (Wildman–Crippen LogP) is 5.61. The fourth-order valence-electron chi connectivity index (χ4n) is 2.21. The average molecular weight is 292 g/mol. The molecule has 1 nitrogen and oxygen atoms in total. The van der Waals surface area contributed by atoms with Gasteiger partial charge in [-0.15, -0.1) is 11.5 Å². The second-order valence-electron chi connectivity index (χ2n) is 7.71. The molecule has 20 heavy (non-hydrogen) atoms. The molecule has 0 aromatic carbocycles. The lowest BCUT2D eigenvalue weighted by atomic mass is 10.1. The summed E-state index contributed by atoms with van der Waals surface area (Å²) in [5.74, 6) is 3.46. The first-order chi connectivity index (χ1) is 9.26. The third-order valence-electron chi connectivity index (χ3n) is 4.83. The molecule has 0 bridgehead atoms. The molecule has 0 aromatic rings. The summed E-state index contributed by atoms with van der Waals surface area (Å²) < 4.78 is 0. The molecule has 2 heteroatoms. The molecule has 1 atom stereocenters. The minimum absolute atomic E-state index is 0.374. The maximum absolute atomic E-state index is 4.87. The van der Waals surface area contributed by atoms with Crippen molar-refractivity contribution in [3.05, 3.63) is 0 Å². The first-order valence-corrected chi connectivity index (χ1v) is 11.3. The van der Waals surface area contributed by atoms with Crippen molar-refractivity contribution >= 4 is 13.8 Å². The summed E-state index contributed by atoms with van der Waals surface area (Å²) in [6.07, 6.45) is 8.50. The van der Waals surface area contributed by atoms with Crippen molar-refractivity contribution < 1.29 is 0 Å². The molecule has 0 amide bonds. The molecule has 0 spiro atoms. The van der Waals surface area contributed by atoms with Crippen LogP contribution < -0.4 is 0 Å². The van der Waals surface area contributed by atoms with E-state index in [1.165, 1.54) is 37.8 Å². The number of rotatable bonds is 5. The normalized spacial score (nSPS) is 19.5. The SMILES string of the molecule is CCCCC1=NC(CCC#C[Si](C)(C)C(C)(C)C)CC1. The van der Waals surface area contributed by atoms with Gasteiger partial charge < -0.3 is 0 Å². The van der Waals surface area contributed by atoms with Gasteiger partial charge in [0, 0.05) is 12.1 Å². The molecule has 0 aromatic heterocycles. The van der Waals surface area contributed by atoms with Gasteiger partial charge in [0.25, 0.3) is 0 Å². The van der Waals surface area contributed by atoms with Crippen LogP contribution in [0.25, 0.3) is 0 Å². The third-order valence-corrected chi connectivity index (χ3v) is 9.38. The first-order valence-electron chi connectivity index (χ1n) is 8.32. The van der Waals surface area contributed by atoms with Crippen LogP contribution in [0.3, 0.4) is 0 Å². The van der Waals surface area contributed by atoms with Crippen LogP contribution in [-0.4, -0.2) is 19.8 Å². The zero-order chi connectivity index (χ0) is 15.2. The van der Waals surface area contributed by atoms with Crippen LogP contribution in [-0.2, 0) is 0 Å². The smallest absolute Gasteiger partial charge is 0.137 e. The van der Waals surface area contributed by atoms with Crippen LogP contribution in [0.2, 0.25) is 18.1 Å². The molecule has 0 fully saturated rings. The molecule has 1 unspecified atom stereocenters. The van der Waals surface area contributed by atoms with Crippen LogP contribution in [0.1, 0.15) is 72.6 Å². The molecule has 0 N–H and O–H groups in total. The minimum atomic E-state index is -1.41. The van der Waals surface area contributed by atoms with Crippen LogP contribution in [0.15, 0.2) is 4.99 Å². The molecule has 0 aliphatic carbocycles. The fraction of sp³-hybridized carbons (Fsp3) is 0.833. The van der Waals surface area contributed by atoms with E-state index in [-0.39, 0.29) is 0 Å². The van der Waals surface area contributed by atoms with Crippen molar-refractivity contribution in [3.8, 4) is 11.5 Å². The van der Waals surface area contributed by atoms with Crippen molar-refractivity contribution in [1.82, 2.24) is 0 Å². The summed E-state index contributed by atoms with van der Waals surface area (Å²) >= 11 is 0. The maximum Gasteiger partial charge on any atom is 0.137 e. The molecule has 0 saturated carbocycles. The van der Waals surface area contributed by atoms with Crippen LogP contribution >= 0.6 is 0 Å². The molecule has 1 aliphatic heterocycles. The minimum Gasteiger partial charge on any atom is -0.291 e. The van der Waals surface area contributed by atoms with Crippen molar-refractivity contribution in [3.63, 3.8) is 0 Å². The van der Waals surface area contributed by atoms with Gasteiger partial charge in [0.1, 0.15) is 8.07 Å². The van der Waals surface area contributed by atoms with E-state index >= 15 is 0 Å². The van der Waals surface area contributed by atoms with E-state index in [0.717, 1.165) is 12.8 Å². The fourth-order valence-corrected chi connectivity index (χ4v) is 3.15. The average Bonchev–Trinajstić information content (AvgIpc) is 2.78. The van der Waals surface area contributed by atoms with E-state index < -0.39 is 8.07 Å². The Morgan fingerprint density at radius 3 is 2.60 bits per heavy atom. The Labute approximate surface area is 127 Å². The summed E-state index contributed by atoms with van der Waals surface area (Å²) in [6.45, 7) is 14.0. The van der Waals surface area contributed by atoms with Gasteiger partial charge in [-0.25, -0.2) is 0 Å². The highest BCUT2D eigenvalue weighted by Gasteiger charge is 2.33. The Morgan fingerprint density at radius 1 is 1.30 bits per heavy atom. The van der Waals surface area contributed by atoms with E-state index in [4.69, 9.17) is 4.99 Å². The van der Waals surface area contributed by atoms with Gasteiger partial charge in [-0.1, -0.05) is 47.2 Å². The highest BCUT2D eigenvalue weighted by Crippen LogP contribution is 2.35. The second-order valence-corrected chi connectivity index (χ2v) is 12.7. The number of aliphatic imine (C=N–C) groups is 1. The zero-order valence-electron chi connectivity index (χ0n) is 14.5. The van der Waals surface area contributed by atoms with Crippen molar-refractivity contribution in [2.24, 2.45) is 4.99 Å². The Hall–Kier alpha value is -0.553. The van der Waals surface area contributed by atoms with Gasteiger partial charge in [-0.3, -0.25) is 4.99 Å². The lowest BCUT2D eigenvalue weighted by Gasteiger charge is -2.31. The Kier molecular flexibility index (Phi) is 6.52. The molecule has 1 rings (SSSR count). The molecule has 1 heterocycles. The molecule has 0 radical (unpaired) electrons. The molecule has 0 saturated heterocycles. The highest BCUT2D eigenvalue weighted by molar-refractivity contribution is 6.87. The number of nitrogens with zero attached hydrogens (tertiary/aromatic N) is 1. The zero-order valence-corrected chi connectivity index (χ0v) is 15.5. The Balaban J connectivity index is 2.38. The van der Waals surface area contributed by atoms with Crippen LogP contribution in [0, 0.1) is 11.5 Å². The standard InChI is InChI=1S/C18H33NSi/c1-7-8-11-16-13-14-17(19-16)12-9-10-15-20(5,6)18(2,3)4/h17H,7-9,11-14H2,1-6H3. The first kappa shape index (κ1) is 17.5. The topological polar surface area (TPSA) is 12.4 Å². The van der Waals surface area contributed by atoms with Gasteiger partial charge in [-0.05, 0) is 37.1 Å². The van der Waals surface area contributed by atoms with Crippen molar-refractivity contribution in [2.45, 2.75) is 96.8 Å². The van der Waals surface area contributed by atoms with Gasteiger partial charge in [-0.2, -0.15) is 0 Å². The summed E-state index contributed by atoms with van der Waals surface area (Å²) in [7, 11) is -1.41. The van der Waals surface area contributed by atoms with Crippen molar-refractivity contribution in [2.75, 3.05) is 0 Å². The summed E-state index contributed by atoms with van der Waals surface area (Å²) in [5.41, 5.74) is 5.08. The maximum atomic E-state index is 4.87. The Morgan fingerprint density at radius 2 is 2.00 bits per heavy atom. The van der Waals surface area contributed by atoms with E-state index in [1.807, 2.05) is 0 Å². The molecular weight excluding hydrogens is 258 g/mol. The quantitative estimate of drug-likeness (QED) is 0.461. The predicted molar refractivity (Wildman–Crippen MR) is 94.2 cm³/mol. The van der Waals surface area contributed by atoms with E-state index in [9.17, 15) is 0 Å². The van der Waals surface area contributed by atoms with E-state index in [1.54, 1.807) is 0 Å². The van der Waals surface area contributed by atoms with E-state index in [2.05, 4.69) is 52.3 Å². The molecular formula is C18H33NSi. The van der Waals surface area contributed by atoms with Gasteiger partial charge in [0.15, 0.2) is 0 Å². The van der Waals surface area contributed by atoms with Gasteiger partial charge >= 0.3 is 0 Å².